The molecule has 0 aliphatic rings. The van der Waals surface area contributed by atoms with Gasteiger partial charge in [-0.1, -0.05) is 99.1 Å². The molecule has 0 atom stereocenters. The van der Waals surface area contributed by atoms with Crippen molar-refractivity contribution in [3.05, 3.63) is 158 Å². The standard InChI is InChI=1S/C54H62N4O4SSi4/c1-59-45-25-13-39(14-26-45)57(40-15-27-46(60-2)28-16-40)43-21-33-49(34-22-43)64(5,6)66(9,10)51-37-38-52(54-53(51)55-63-56-54)67(11,12)65(7,8)50-35-23-44(24-36-50)58(41-17-29-47(61-3)30-18-41)42-19-31-48(62-4)32-20-42/h13-38H,1-12H3. The predicted molar refractivity (Wildman–Crippen MR) is 294 cm³/mol. The maximum absolute atomic E-state index is 5.50. The molecule has 0 unspecified atom stereocenters. The van der Waals surface area contributed by atoms with Crippen LogP contribution < -0.4 is 49.5 Å². The Morgan fingerprint density at radius 2 is 0.537 bits per heavy atom. The molecule has 0 saturated carbocycles. The average Bonchev–Trinajstić information content (AvgIpc) is 3.85. The number of fused-ring (bicyclic) bond motifs is 1. The second-order valence-electron chi connectivity index (χ2n) is 19.2. The van der Waals surface area contributed by atoms with Crippen LogP contribution in [0.5, 0.6) is 23.0 Å². The van der Waals surface area contributed by atoms with Crippen LogP contribution in [0.15, 0.2) is 158 Å². The monoisotopic (exact) mass is 974 g/mol. The van der Waals surface area contributed by atoms with Gasteiger partial charge in [-0.2, -0.15) is 8.75 Å². The molecule has 0 amide bonds. The van der Waals surface area contributed by atoms with E-state index >= 15 is 0 Å². The van der Waals surface area contributed by atoms with Crippen LogP contribution in [-0.4, -0.2) is 67.6 Å². The molecule has 7 aromatic carbocycles. The molecule has 0 radical (unpaired) electrons. The normalized spacial score (nSPS) is 12.2. The van der Waals surface area contributed by atoms with Gasteiger partial charge in [-0.05, 0) is 132 Å². The first-order valence-corrected chi connectivity index (χ1v) is 37.4. The Morgan fingerprint density at radius 1 is 0.313 bits per heavy atom. The average molecular weight is 976 g/mol. The van der Waals surface area contributed by atoms with E-state index in [2.05, 4.69) is 171 Å². The summed E-state index contributed by atoms with van der Waals surface area (Å²) >= 11 is 1.37. The third kappa shape index (κ3) is 8.86. The lowest BCUT2D eigenvalue weighted by Gasteiger charge is -2.41. The van der Waals surface area contributed by atoms with Crippen LogP contribution in [-0.2, 0) is 0 Å². The smallest absolute Gasteiger partial charge is 0.119 e. The number of nitrogens with zero attached hydrogens (tertiary/aromatic N) is 4. The molecule has 8 rings (SSSR count). The molecule has 1 heterocycles. The molecule has 0 aliphatic heterocycles. The fraction of sp³-hybridized carbons (Fsp3) is 0.222. The third-order valence-electron chi connectivity index (χ3n) is 14.9. The number of hydrogen-bond acceptors (Lipinski definition) is 9. The largest absolute Gasteiger partial charge is 0.497 e. The zero-order valence-corrected chi connectivity index (χ0v) is 45.7. The molecule has 0 bridgehead atoms. The molecule has 344 valence electrons. The maximum atomic E-state index is 5.50. The summed E-state index contributed by atoms with van der Waals surface area (Å²) in [6.45, 7) is 20.5. The molecular weight excluding hydrogens is 913 g/mol. The Balaban J connectivity index is 1.09. The van der Waals surface area contributed by atoms with Crippen LogP contribution in [0.4, 0.5) is 34.1 Å². The van der Waals surface area contributed by atoms with Gasteiger partial charge in [0.1, 0.15) is 34.0 Å². The van der Waals surface area contributed by atoms with Gasteiger partial charge in [-0.25, -0.2) is 0 Å². The second-order valence-corrected chi connectivity index (χ2v) is 49.9. The van der Waals surface area contributed by atoms with Gasteiger partial charge in [-0.3, -0.25) is 0 Å². The Kier molecular flexibility index (Phi) is 13.4. The van der Waals surface area contributed by atoms with Gasteiger partial charge in [0.2, 0.25) is 0 Å². The van der Waals surface area contributed by atoms with Gasteiger partial charge in [-0.15, -0.1) is 0 Å². The van der Waals surface area contributed by atoms with Gasteiger partial charge in [0.15, 0.2) is 0 Å². The lowest BCUT2D eigenvalue weighted by atomic mass is 10.2. The highest BCUT2D eigenvalue weighted by Crippen LogP contribution is 2.38. The topological polar surface area (TPSA) is 69.2 Å². The van der Waals surface area contributed by atoms with Crippen LogP contribution in [0.3, 0.4) is 0 Å². The van der Waals surface area contributed by atoms with Crippen molar-refractivity contribution in [3.8, 4) is 23.0 Å². The summed E-state index contributed by atoms with van der Waals surface area (Å²) in [6.07, 6.45) is 0. The van der Waals surface area contributed by atoms with E-state index in [1.165, 1.54) is 32.5 Å². The first kappa shape index (κ1) is 47.5. The predicted octanol–water partition coefficient (Wildman–Crippen LogP) is 11.9. The minimum Gasteiger partial charge on any atom is -0.497 e. The van der Waals surface area contributed by atoms with Gasteiger partial charge in [0.25, 0.3) is 0 Å². The van der Waals surface area contributed by atoms with Crippen molar-refractivity contribution in [3.63, 3.8) is 0 Å². The Bertz CT molecular complexity index is 2650. The number of anilines is 6. The van der Waals surface area contributed by atoms with Crippen molar-refractivity contribution in [2.75, 3.05) is 38.2 Å². The van der Waals surface area contributed by atoms with E-state index in [1.807, 2.05) is 48.5 Å². The van der Waals surface area contributed by atoms with Crippen molar-refractivity contribution < 1.29 is 18.9 Å². The van der Waals surface area contributed by atoms with Crippen LogP contribution >= 0.6 is 11.7 Å². The highest BCUT2D eigenvalue weighted by Gasteiger charge is 2.48. The van der Waals surface area contributed by atoms with Crippen LogP contribution in [0.1, 0.15) is 0 Å². The zero-order chi connectivity index (χ0) is 47.7. The van der Waals surface area contributed by atoms with Crippen molar-refractivity contribution in [2.24, 2.45) is 0 Å². The second kappa shape index (κ2) is 19.0. The number of hydrogen-bond donors (Lipinski definition) is 0. The lowest BCUT2D eigenvalue weighted by molar-refractivity contribution is 0.414. The van der Waals surface area contributed by atoms with Crippen LogP contribution in [0.25, 0.3) is 11.0 Å². The molecule has 8 nitrogen and oxygen atoms in total. The Labute approximate surface area is 404 Å². The summed E-state index contributed by atoms with van der Waals surface area (Å²) in [5.41, 5.74) is 8.66. The van der Waals surface area contributed by atoms with Crippen molar-refractivity contribution in [1.29, 1.82) is 0 Å². The summed E-state index contributed by atoms with van der Waals surface area (Å²) in [7, 11) is -1.63. The number of methoxy groups -OCH3 is 4. The van der Waals surface area contributed by atoms with Crippen LogP contribution in [0, 0.1) is 0 Å². The number of ether oxygens (including phenoxy) is 4. The number of benzene rings is 7. The number of rotatable bonds is 16. The SMILES string of the molecule is COc1ccc(N(c2ccc(OC)cc2)c2ccc([Si](C)(C)[Si](C)(C)c3ccc([Si](C)(C)[Si](C)(C)c4ccc(N(c5ccc(OC)cc5)c5ccc(OC)cc5)cc4)c4nsnc34)cc2)cc1. The van der Waals surface area contributed by atoms with E-state index in [1.54, 1.807) is 28.4 Å². The van der Waals surface area contributed by atoms with E-state index in [0.29, 0.717) is 0 Å². The Morgan fingerprint density at radius 3 is 0.761 bits per heavy atom. The highest BCUT2D eigenvalue weighted by molar-refractivity contribution is 7.51. The first-order chi connectivity index (χ1) is 32.0. The van der Waals surface area contributed by atoms with Crippen molar-refractivity contribution >= 4 is 108 Å². The molecule has 1 aromatic heterocycles. The minimum atomic E-state index is -2.14. The fourth-order valence-corrected chi connectivity index (χ4v) is 27.8. The summed E-state index contributed by atoms with van der Waals surface area (Å²) in [5.74, 6) is 3.31. The summed E-state index contributed by atoms with van der Waals surface area (Å²) in [6, 6.07) is 56.5. The van der Waals surface area contributed by atoms with Gasteiger partial charge >= 0.3 is 0 Å². The van der Waals surface area contributed by atoms with Gasteiger partial charge < -0.3 is 28.7 Å². The molecule has 0 spiro atoms. The van der Waals surface area contributed by atoms with E-state index in [-0.39, 0.29) is 0 Å². The van der Waals surface area contributed by atoms with Crippen molar-refractivity contribution in [1.82, 2.24) is 8.75 Å². The van der Waals surface area contributed by atoms with E-state index in [4.69, 9.17) is 27.7 Å². The highest BCUT2D eigenvalue weighted by atomic mass is 32.1. The number of aromatic nitrogens is 2. The summed E-state index contributed by atoms with van der Waals surface area (Å²) in [5, 5.41) is 5.73. The first-order valence-electron chi connectivity index (χ1n) is 22.7. The molecule has 13 heteroatoms. The minimum absolute atomic E-state index is 0.827. The van der Waals surface area contributed by atoms with Crippen molar-refractivity contribution in [2.45, 2.75) is 52.4 Å². The Hall–Kier alpha value is -5.97. The molecule has 0 fully saturated rings. The third-order valence-corrected chi connectivity index (χ3v) is 50.8. The van der Waals surface area contributed by atoms with Crippen LogP contribution in [0.2, 0.25) is 52.4 Å². The quantitative estimate of drug-likeness (QED) is 0.0887. The summed E-state index contributed by atoms with van der Waals surface area (Å²) < 4.78 is 32.3. The van der Waals surface area contributed by atoms with E-state index in [0.717, 1.165) is 68.2 Å². The lowest BCUT2D eigenvalue weighted by Crippen LogP contribution is -2.70. The van der Waals surface area contributed by atoms with E-state index in [9.17, 15) is 0 Å². The molecule has 67 heavy (non-hydrogen) atoms. The molecule has 0 aliphatic carbocycles. The zero-order valence-electron chi connectivity index (χ0n) is 40.8. The molecule has 0 saturated heterocycles. The molecular formula is C54H62N4O4SSi4. The maximum Gasteiger partial charge on any atom is 0.119 e. The molecule has 0 N–H and O–H groups in total. The summed E-state index contributed by atoms with van der Waals surface area (Å²) in [4.78, 5) is 4.57. The molecule has 8 aromatic rings. The van der Waals surface area contributed by atoms with Gasteiger partial charge in [0, 0.05) is 34.1 Å². The fourth-order valence-electron chi connectivity index (χ4n) is 9.14. The van der Waals surface area contributed by atoms with E-state index < -0.39 is 30.4 Å². The van der Waals surface area contributed by atoms with Gasteiger partial charge in [0.05, 0.1) is 70.5 Å².